The predicted molar refractivity (Wildman–Crippen MR) is 40.1 cm³/mol. The van der Waals surface area contributed by atoms with Crippen LogP contribution in [0.2, 0.25) is 0 Å². The molecular weight excluding hydrogens is 138 g/mol. The first-order valence-corrected chi connectivity index (χ1v) is 2.85. The summed E-state index contributed by atoms with van der Waals surface area (Å²) in [6.45, 7) is 1.92. The van der Waals surface area contributed by atoms with Gasteiger partial charge in [0.25, 0.3) is 0 Å². The zero-order valence-corrected chi connectivity index (χ0v) is 6.00. The average molecular weight is 150 g/mol. The van der Waals surface area contributed by atoms with Crippen LogP contribution in [0.5, 0.6) is 0 Å². The second-order valence-electron chi connectivity index (χ2n) is 2.15. The van der Waals surface area contributed by atoms with E-state index in [1.165, 1.54) is 0 Å². The van der Waals surface area contributed by atoms with Crippen LogP contribution in [-0.4, -0.2) is 18.9 Å². The molecule has 3 nitrogen and oxygen atoms in total. The molecule has 0 saturated carbocycles. The quantitative estimate of drug-likeness (QED) is 0.362. The molecule has 1 aliphatic rings. The maximum absolute atomic E-state index is 7.03. The van der Waals surface area contributed by atoms with Crippen LogP contribution in [0.3, 0.4) is 0 Å². The van der Waals surface area contributed by atoms with Crippen molar-refractivity contribution in [3.8, 4) is 0 Å². The number of hydrogen-bond acceptors (Lipinski definition) is 2. The maximum Gasteiger partial charge on any atom is 0.0950 e. The van der Waals surface area contributed by atoms with Crippen LogP contribution in [0.15, 0.2) is 0 Å². The van der Waals surface area contributed by atoms with Gasteiger partial charge in [-0.3, -0.25) is 5.41 Å². The minimum absolute atomic E-state index is 0. The monoisotopic (exact) mass is 149 g/mol. The molecule has 4 heteroatoms. The fourth-order valence-corrected chi connectivity index (χ4v) is 0.920. The Balaban J connectivity index is 0.000000640. The summed E-state index contributed by atoms with van der Waals surface area (Å²) in [6.07, 6.45) is 1.04. The second kappa shape index (κ2) is 3.69. The Morgan fingerprint density at radius 2 is 2.33 bits per heavy atom. The second-order valence-corrected chi connectivity index (χ2v) is 2.15. The zero-order valence-electron chi connectivity index (χ0n) is 5.18. The standard InChI is InChI=1S/C5H11N3.ClH/c6-5(7)4-1-2-8-3-4;/h4,8H,1-3H2,(H3,6,7);1H. The summed E-state index contributed by atoms with van der Waals surface area (Å²) in [7, 11) is 0. The summed E-state index contributed by atoms with van der Waals surface area (Å²) in [5, 5.41) is 10.2. The summed E-state index contributed by atoms with van der Waals surface area (Å²) in [6, 6.07) is 0. The van der Waals surface area contributed by atoms with Gasteiger partial charge in [0.05, 0.1) is 5.84 Å². The molecule has 0 aromatic heterocycles. The first kappa shape index (κ1) is 8.72. The van der Waals surface area contributed by atoms with Crippen LogP contribution >= 0.6 is 12.4 Å². The molecule has 1 fully saturated rings. The molecule has 4 N–H and O–H groups in total. The smallest absolute Gasteiger partial charge is 0.0950 e. The zero-order chi connectivity index (χ0) is 5.98. The van der Waals surface area contributed by atoms with E-state index in [1.807, 2.05) is 0 Å². The van der Waals surface area contributed by atoms with Gasteiger partial charge in [-0.15, -0.1) is 12.4 Å². The van der Waals surface area contributed by atoms with Crippen LogP contribution in [0.25, 0.3) is 0 Å². The molecule has 0 aromatic rings. The Kier molecular flexibility index (Phi) is 3.58. The fraction of sp³-hybridized carbons (Fsp3) is 0.800. The minimum Gasteiger partial charge on any atom is -0.387 e. The van der Waals surface area contributed by atoms with Crippen molar-refractivity contribution in [3.05, 3.63) is 0 Å². The number of hydrogen-bond donors (Lipinski definition) is 3. The van der Waals surface area contributed by atoms with Crippen molar-refractivity contribution in [1.29, 1.82) is 5.41 Å². The van der Waals surface area contributed by atoms with E-state index in [-0.39, 0.29) is 12.4 Å². The van der Waals surface area contributed by atoms with Crippen molar-refractivity contribution < 1.29 is 0 Å². The lowest BCUT2D eigenvalue weighted by Crippen LogP contribution is -2.24. The van der Waals surface area contributed by atoms with Crippen LogP contribution in [0.4, 0.5) is 0 Å². The largest absolute Gasteiger partial charge is 0.387 e. The van der Waals surface area contributed by atoms with Crippen LogP contribution in [0, 0.1) is 11.3 Å². The van der Waals surface area contributed by atoms with E-state index < -0.39 is 0 Å². The number of nitrogens with two attached hydrogens (primary N) is 1. The van der Waals surface area contributed by atoms with Gasteiger partial charge in [-0.2, -0.15) is 0 Å². The molecule has 0 amide bonds. The lowest BCUT2D eigenvalue weighted by atomic mass is 10.1. The van der Waals surface area contributed by atoms with Crippen molar-refractivity contribution in [2.45, 2.75) is 6.42 Å². The van der Waals surface area contributed by atoms with Gasteiger partial charge in [0, 0.05) is 12.5 Å². The van der Waals surface area contributed by atoms with Gasteiger partial charge < -0.3 is 11.1 Å². The third-order valence-corrected chi connectivity index (χ3v) is 1.50. The predicted octanol–water partition coefficient (Wildman–Crippen LogP) is -0.0463. The van der Waals surface area contributed by atoms with E-state index in [0.29, 0.717) is 11.8 Å². The fourth-order valence-electron chi connectivity index (χ4n) is 0.920. The number of amidine groups is 1. The Labute approximate surface area is 60.9 Å². The summed E-state index contributed by atoms with van der Waals surface area (Å²) in [4.78, 5) is 0. The van der Waals surface area contributed by atoms with E-state index in [2.05, 4.69) is 5.32 Å². The van der Waals surface area contributed by atoms with E-state index >= 15 is 0 Å². The highest BCUT2D eigenvalue weighted by atomic mass is 35.5. The normalized spacial score (nSPS) is 25.1. The topological polar surface area (TPSA) is 61.9 Å². The molecule has 0 bridgehead atoms. The molecule has 1 rings (SSSR count). The van der Waals surface area contributed by atoms with E-state index in [4.69, 9.17) is 11.1 Å². The Morgan fingerprint density at radius 1 is 1.67 bits per heavy atom. The van der Waals surface area contributed by atoms with Gasteiger partial charge in [0.15, 0.2) is 0 Å². The number of nitrogens with one attached hydrogen (secondary N) is 2. The Hall–Kier alpha value is -0.280. The maximum atomic E-state index is 7.03. The van der Waals surface area contributed by atoms with Gasteiger partial charge in [0.2, 0.25) is 0 Å². The SMILES string of the molecule is Cl.N=C(N)C1CCNC1. The summed E-state index contributed by atoms with van der Waals surface area (Å²) < 4.78 is 0. The van der Waals surface area contributed by atoms with Crippen LogP contribution in [-0.2, 0) is 0 Å². The summed E-state index contributed by atoms with van der Waals surface area (Å²) in [5.74, 6) is 0.644. The van der Waals surface area contributed by atoms with E-state index in [1.54, 1.807) is 0 Å². The summed E-state index contributed by atoms with van der Waals surface area (Å²) >= 11 is 0. The minimum atomic E-state index is 0. The molecule has 54 valence electrons. The van der Waals surface area contributed by atoms with Crippen molar-refractivity contribution >= 4 is 18.2 Å². The molecule has 1 saturated heterocycles. The molecule has 0 aromatic carbocycles. The van der Waals surface area contributed by atoms with Gasteiger partial charge in [-0.05, 0) is 13.0 Å². The first-order chi connectivity index (χ1) is 3.80. The molecule has 9 heavy (non-hydrogen) atoms. The number of rotatable bonds is 1. The van der Waals surface area contributed by atoms with E-state index in [9.17, 15) is 0 Å². The third-order valence-electron chi connectivity index (χ3n) is 1.50. The molecule has 1 heterocycles. The summed E-state index contributed by atoms with van der Waals surface area (Å²) in [5.41, 5.74) is 5.24. The molecule has 0 spiro atoms. The van der Waals surface area contributed by atoms with Gasteiger partial charge >= 0.3 is 0 Å². The molecular formula is C5H12ClN3. The van der Waals surface area contributed by atoms with Gasteiger partial charge in [-0.1, -0.05) is 0 Å². The third kappa shape index (κ3) is 2.20. The van der Waals surface area contributed by atoms with Crippen molar-refractivity contribution in [2.24, 2.45) is 11.7 Å². The van der Waals surface area contributed by atoms with Crippen LogP contribution in [0.1, 0.15) is 6.42 Å². The highest BCUT2D eigenvalue weighted by Gasteiger charge is 2.15. The number of halogens is 1. The first-order valence-electron chi connectivity index (χ1n) is 2.85. The lowest BCUT2D eigenvalue weighted by Gasteiger charge is -2.01. The van der Waals surface area contributed by atoms with Crippen molar-refractivity contribution in [2.75, 3.05) is 13.1 Å². The molecule has 1 atom stereocenters. The molecule has 1 aliphatic heterocycles. The molecule has 0 radical (unpaired) electrons. The Bertz CT molecular complexity index is 98.4. The lowest BCUT2D eigenvalue weighted by molar-refractivity contribution is 0.759. The van der Waals surface area contributed by atoms with Crippen molar-refractivity contribution in [1.82, 2.24) is 5.32 Å². The van der Waals surface area contributed by atoms with Crippen molar-refractivity contribution in [3.63, 3.8) is 0 Å². The molecule has 0 aliphatic carbocycles. The van der Waals surface area contributed by atoms with Crippen LogP contribution < -0.4 is 11.1 Å². The highest BCUT2D eigenvalue weighted by Crippen LogP contribution is 2.04. The molecule has 1 unspecified atom stereocenters. The Morgan fingerprint density at radius 3 is 2.56 bits per heavy atom. The van der Waals surface area contributed by atoms with Gasteiger partial charge in [0.1, 0.15) is 0 Å². The highest BCUT2D eigenvalue weighted by molar-refractivity contribution is 5.85. The van der Waals surface area contributed by atoms with Gasteiger partial charge in [-0.25, -0.2) is 0 Å². The van der Waals surface area contributed by atoms with E-state index in [0.717, 1.165) is 19.5 Å². The average Bonchev–Trinajstić information content (AvgIpc) is 2.12.